The summed E-state index contributed by atoms with van der Waals surface area (Å²) in [7, 11) is 1.91. The summed E-state index contributed by atoms with van der Waals surface area (Å²) in [5.74, 6) is 0.548. The van der Waals surface area contributed by atoms with Crippen molar-refractivity contribution in [1.29, 1.82) is 0 Å². The van der Waals surface area contributed by atoms with Crippen molar-refractivity contribution in [1.82, 2.24) is 4.98 Å². The van der Waals surface area contributed by atoms with Crippen LogP contribution in [0.3, 0.4) is 0 Å². The molecule has 1 aromatic heterocycles. The molecule has 0 amide bonds. The second kappa shape index (κ2) is 7.88. The third-order valence-corrected chi connectivity index (χ3v) is 3.04. The molecule has 0 spiro atoms. The summed E-state index contributed by atoms with van der Waals surface area (Å²) in [5.41, 5.74) is 6.16. The van der Waals surface area contributed by atoms with E-state index in [9.17, 15) is 4.79 Å². The average Bonchev–Trinajstić information content (AvgIpc) is 2.55. The molecule has 3 N–H and O–H groups in total. The highest BCUT2D eigenvalue weighted by Crippen LogP contribution is 2.29. The van der Waals surface area contributed by atoms with Gasteiger partial charge in [0.05, 0.1) is 6.54 Å². The summed E-state index contributed by atoms with van der Waals surface area (Å²) in [6, 6.07) is 10.6. The van der Waals surface area contributed by atoms with Gasteiger partial charge in [-0.25, -0.2) is 9.78 Å². The van der Waals surface area contributed by atoms with Gasteiger partial charge in [-0.2, -0.15) is 0 Å². The van der Waals surface area contributed by atoms with Crippen LogP contribution in [0.2, 0.25) is 0 Å². The molecule has 0 unspecified atom stereocenters. The lowest BCUT2D eigenvalue weighted by Crippen LogP contribution is -2.24. The van der Waals surface area contributed by atoms with Crippen LogP contribution in [0.4, 0.5) is 11.5 Å². The van der Waals surface area contributed by atoms with Crippen LogP contribution in [0.1, 0.15) is 0 Å². The molecule has 122 valence electrons. The van der Waals surface area contributed by atoms with Crippen LogP contribution >= 0.6 is 0 Å². The Morgan fingerprint density at radius 1 is 1.26 bits per heavy atom. The van der Waals surface area contributed by atoms with Gasteiger partial charge in [0.25, 0.3) is 0 Å². The number of pyridine rings is 1. The number of carbonyl (C=O) groups is 1. The van der Waals surface area contributed by atoms with Gasteiger partial charge in [0.1, 0.15) is 12.4 Å². The number of aliphatic carboxylic acids is 1. The smallest absolute Gasteiger partial charge is 0.341 e. The highest BCUT2D eigenvalue weighted by molar-refractivity contribution is 5.68. The average molecular weight is 317 g/mol. The molecule has 0 aliphatic carbocycles. The summed E-state index contributed by atoms with van der Waals surface area (Å²) in [4.78, 5) is 16.8. The first-order valence-electron chi connectivity index (χ1n) is 7.05. The van der Waals surface area contributed by atoms with E-state index in [2.05, 4.69) is 4.98 Å². The van der Waals surface area contributed by atoms with Crippen LogP contribution in [-0.2, 0) is 4.79 Å². The van der Waals surface area contributed by atoms with E-state index >= 15 is 0 Å². The Labute approximate surface area is 134 Å². The number of benzene rings is 1. The van der Waals surface area contributed by atoms with E-state index in [0.717, 1.165) is 5.82 Å². The highest BCUT2D eigenvalue weighted by atomic mass is 16.5. The molecule has 2 rings (SSSR count). The summed E-state index contributed by atoms with van der Waals surface area (Å²) in [6.07, 6.45) is 1.73. The minimum Gasteiger partial charge on any atom is -0.488 e. The van der Waals surface area contributed by atoms with Crippen molar-refractivity contribution < 1.29 is 19.4 Å². The molecule has 1 heterocycles. The Morgan fingerprint density at radius 2 is 2.09 bits per heavy atom. The van der Waals surface area contributed by atoms with Crippen LogP contribution in [0, 0.1) is 0 Å². The number of hydrogen-bond donors (Lipinski definition) is 2. The van der Waals surface area contributed by atoms with E-state index in [0.29, 0.717) is 30.3 Å². The lowest BCUT2D eigenvalue weighted by atomic mass is 10.3. The zero-order chi connectivity index (χ0) is 16.7. The zero-order valence-electron chi connectivity index (χ0n) is 12.8. The van der Waals surface area contributed by atoms with Crippen LogP contribution in [-0.4, -0.2) is 42.9 Å². The van der Waals surface area contributed by atoms with Gasteiger partial charge >= 0.3 is 5.97 Å². The molecule has 23 heavy (non-hydrogen) atoms. The molecule has 1 aromatic carbocycles. The Balaban J connectivity index is 1.93. The SMILES string of the molecule is CN(CCOc1ccc(N)cc1OCC(=O)O)c1ccccn1. The molecule has 0 aliphatic rings. The maximum Gasteiger partial charge on any atom is 0.341 e. The van der Waals surface area contributed by atoms with Gasteiger partial charge in [-0.05, 0) is 24.3 Å². The van der Waals surface area contributed by atoms with Crippen LogP contribution < -0.4 is 20.1 Å². The molecule has 7 heteroatoms. The number of hydrogen-bond acceptors (Lipinski definition) is 6. The van der Waals surface area contributed by atoms with Crippen molar-refractivity contribution >= 4 is 17.5 Å². The van der Waals surface area contributed by atoms with Crippen molar-refractivity contribution in [2.45, 2.75) is 0 Å². The van der Waals surface area contributed by atoms with Gasteiger partial charge in [0.15, 0.2) is 18.1 Å². The summed E-state index contributed by atoms with van der Waals surface area (Å²) in [6.45, 7) is 0.549. The first-order chi connectivity index (χ1) is 11.1. The predicted octanol–water partition coefficient (Wildman–Crippen LogP) is 1.64. The minimum atomic E-state index is -1.06. The summed E-state index contributed by atoms with van der Waals surface area (Å²) < 4.78 is 10.9. The molecule has 2 aromatic rings. The lowest BCUT2D eigenvalue weighted by Gasteiger charge is -2.19. The second-order valence-corrected chi connectivity index (χ2v) is 4.85. The first kappa shape index (κ1) is 16.4. The van der Waals surface area contributed by atoms with Crippen molar-refractivity contribution in [2.75, 3.05) is 37.4 Å². The molecule has 0 bridgehead atoms. The molecule has 0 radical (unpaired) electrons. The molecule has 0 atom stereocenters. The third-order valence-electron chi connectivity index (χ3n) is 3.04. The fraction of sp³-hybridized carbons (Fsp3) is 0.250. The van der Waals surface area contributed by atoms with Crippen molar-refractivity contribution in [3.05, 3.63) is 42.6 Å². The normalized spacial score (nSPS) is 10.1. The Morgan fingerprint density at radius 3 is 2.78 bits per heavy atom. The number of nitrogen functional groups attached to an aromatic ring is 1. The molecular weight excluding hydrogens is 298 g/mol. The van der Waals surface area contributed by atoms with Gasteiger partial charge in [-0.15, -0.1) is 0 Å². The Hall–Kier alpha value is -2.96. The number of nitrogens with zero attached hydrogens (tertiary/aromatic N) is 2. The van der Waals surface area contributed by atoms with E-state index in [4.69, 9.17) is 20.3 Å². The molecule has 0 saturated carbocycles. The third kappa shape index (κ3) is 5.06. The quantitative estimate of drug-likeness (QED) is 0.714. The number of likely N-dealkylation sites (N-methyl/N-ethyl adjacent to an activating group) is 1. The number of ether oxygens (including phenoxy) is 2. The number of anilines is 2. The fourth-order valence-corrected chi connectivity index (χ4v) is 1.88. The van der Waals surface area contributed by atoms with Crippen molar-refractivity contribution in [3.63, 3.8) is 0 Å². The van der Waals surface area contributed by atoms with Crippen LogP contribution in [0.15, 0.2) is 42.6 Å². The largest absolute Gasteiger partial charge is 0.488 e. The molecule has 0 fully saturated rings. The van der Waals surface area contributed by atoms with E-state index in [1.165, 1.54) is 0 Å². The summed E-state index contributed by atoms with van der Waals surface area (Å²) >= 11 is 0. The molecule has 0 aliphatic heterocycles. The van der Waals surface area contributed by atoms with E-state index < -0.39 is 12.6 Å². The predicted molar refractivity (Wildman–Crippen MR) is 87.0 cm³/mol. The Bertz CT molecular complexity index is 649. The monoisotopic (exact) mass is 317 g/mol. The number of carboxylic acid groups (broad SMARTS) is 1. The topological polar surface area (TPSA) is 97.9 Å². The molecule has 0 saturated heterocycles. The maximum absolute atomic E-state index is 10.6. The second-order valence-electron chi connectivity index (χ2n) is 4.85. The number of rotatable bonds is 8. The summed E-state index contributed by atoms with van der Waals surface area (Å²) in [5, 5.41) is 8.70. The molecular formula is C16H19N3O4. The number of aromatic nitrogens is 1. The van der Waals surface area contributed by atoms with E-state index in [1.54, 1.807) is 24.4 Å². The van der Waals surface area contributed by atoms with Gasteiger partial charge in [-0.1, -0.05) is 6.07 Å². The molecule has 7 nitrogen and oxygen atoms in total. The van der Waals surface area contributed by atoms with E-state index in [-0.39, 0.29) is 0 Å². The van der Waals surface area contributed by atoms with Gasteiger partial charge in [0.2, 0.25) is 0 Å². The van der Waals surface area contributed by atoms with Gasteiger partial charge in [0, 0.05) is 25.0 Å². The maximum atomic E-state index is 10.6. The number of nitrogens with two attached hydrogens (primary N) is 1. The van der Waals surface area contributed by atoms with Crippen LogP contribution in [0.25, 0.3) is 0 Å². The highest BCUT2D eigenvalue weighted by Gasteiger charge is 2.09. The van der Waals surface area contributed by atoms with Gasteiger partial charge in [-0.3, -0.25) is 0 Å². The lowest BCUT2D eigenvalue weighted by molar-refractivity contribution is -0.139. The number of carboxylic acids is 1. The van der Waals surface area contributed by atoms with E-state index in [1.807, 2.05) is 30.1 Å². The van der Waals surface area contributed by atoms with Crippen molar-refractivity contribution in [3.8, 4) is 11.5 Å². The fourth-order valence-electron chi connectivity index (χ4n) is 1.88. The van der Waals surface area contributed by atoms with Gasteiger partial charge < -0.3 is 25.2 Å². The Kier molecular flexibility index (Phi) is 5.62. The minimum absolute atomic E-state index is 0.313. The van der Waals surface area contributed by atoms with Crippen molar-refractivity contribution in [2.24, 2.45) is 0 Å². The zero-order valence-corrected chi connectivity index (χ0v) is 12.8. The van der Waals surface area contributed by atoms with Crippen LogP contribution in [0.5, 0.6) is 11.5 Å². The standard InChI is InChI=1S/C16H19N3O4/c1-19(15-4-2-3-7-18-15)8-9-22-13-6-5-12(17)10-14(13)23-11-16(20)21/h2-7,10H,8-9,11,17H2,1H3,(H,20,21). The first-order valence-corrected chi connectivity index (χ1v) is 7.05.